The number of halogens is 1. The summed E-state index contributed by atoms with van der Waals surface area (Å²) in [5.41, 5.74) is 1.11. The Morgan fingerprint density at radius 3 is 2.74 bits per heavy atom. The van der Waals surface area contributed by atoms with E-state index in [-0.39, 0.29) is 0 Å². The Bertz CT molecular complexity index is 753. The maximum atomic E-state index is 6.10. The van der Waals surface area contributed by atoms with Crippen molar-refractivity contribution in [1.82, 2.24) is 29.5 Å². The SMILES string of the molecule is CCOCCCNC(=NCc1nnc(C)n1C)N(C)Cc1cc(Cl)cn1C. The van der Waals surface area contributed by atoms with Crippen LogP contribution in [0.2, 0.25) is 5.02 Å². The van der Waals surface area contributed by atoms with Crippen LogP contribution in [0.5, 0.6) is 0 Å². The highest BCUT2D eigenvalue weighted by Gasteiger charge is 2.11. The Morgan fingerprint density at radius 1 is 1.37 bits per heavy atom. The van der Waals surface area contributed by atoms with Gasteiger partial charge in [-0.1, -0.05) is 11.6 Å². The van der Waals surface area contributed by atoms with E-state index in [9.17, 15) is 0 Å². The molecule has 9 heteroatoms. The van der Waals surface area contributed by atoms with Crippen molar-refractivity contribution in [1.29, 1.82) is 0 Å². The third-order valence-corrected chi connectivity index (χ3v) is 4.55. The predicted molar refractivity (Wildman–Crippen MR) is 108 cm³/mol. The van der Waals surface area contributed by atoms with Crippen molar-refractivity contribution >= 4 is 17.6 Å². The zero-order valence-corrected chi connectivity index (χ0v) is 17.6. The minimum Gasteiger partial charge on any atom is -0.382 e. The molecule has 0 aliphatic carbocycles. The van der Waals surface area contributed by atoms with Gasteiger partial charge in [-0.25, -0.2) is 4.99 Å². The van der Waals surface area contributed by atoms with Crippen molar-refractivity contribution in [2.24, 2.45) is 19.1 Å². The normalized spacial score (nSPS) is 11.9. The van der Waals surface area contributed by atoms with Crippen molar-refractivity contribution in [2.75, 3.05) is 26.8 Å². The number of aryl methyl sites for hydroxylation is 2. The summed E-state index contributed by atoms with van der Waals surface area (Å²) in [5.74, 6) is 2.51. The van der Waals surface area contributed by atoms with E-state index >= 15 is 0 Å². The number of hydrogen-bond donors (Lipinski definition) is 1. The monoisotopic (exact) mass is 395 g/mol. The zero-order chi connectivity index (χ0) is 19.8. The lowest BCUT2D eigenvalue weighted by Gasteiger charge is -2.23. The highest BCUT2D eigenvalue weighted by Crippen LogP contribution is 2.14. The summed E-state index contributed by atoms with van der Waals surface area (Å²) < 4.78 is 9.38. The van der Waals surface area contributed by atoms with Gasteiger partial charge in [0, 0.05) is 52.8 Å². The summed E-state index contributed by atoms with van der Waals surface area (Å²) in [4.78, 5) is 6.82. The Balaban J connectivity index is 2.06. The van der Waals surface area contributed by atoms with Crippen LogP contribution in [0.1, 0.15) is 30.7 Å². The van der Waals surface area contributed by atoms with Crippen LogP contribution in [-0.4, -0.2) is 57.0 Å². The summed E-state index contributed by atoms with van der Waals surface area (Å²) in [7, 11) is 5.95. The van der Waals surface area contributed by atoms with E-state index in [1.807, 2.05) is 56.4 Å². The van der Waals surface area contributed by atoms with Gasteiger partial charge < -0.3 is 24.1 Å². The fourth-order valence-electron chi connectivity index (χ4n) is 2.61. The van der Waals surface area contributed by atoms with Crippen LogP contribution in [0.25, 0.3) is 0 Å². The quantitative estimate of drug-likeness (QED) is 0.400. The minimum absolute atomic E-state index is 0.462. The predicted octanol–water partition coefficient (Wildman–Crippen LogP) is 2.12. The number of nitrogens with one attached hydrogen (secondary N) is 1. The van der Waals surface area contributed by atoms with Gasteiger partial charge in [0.25, 0.3) is 0 Å². The number of aliphatic imine (C=N–C) groups is 1. The van der Waals surface area contributed by atoms with E-state index in [4.69, 9.17) is 21.3 Å². The highest BCUT2D eigenvalue weighted by atomic mass is 35.5. The first-order valence-corrected chi connectivity index (χ1v) is 9.53. The first-order chi connectivity index (χ1) is 12.9. The molecule has 2 heterocycles. The molecule has 8 nitrogen and oxygen atoms in total. The number of hydrogen-bond acceptors (Lipinski definition) is 4. The van der Waals surface area contributed by atoms with Gasteiger partial charge in [-0.3, -0.25) is 0 Å². The fourth-order valence-corrected chi connectivity index (χ4v) is 2.88. The van der Waals surface area contributed by atoms with Crippen molar-refractivity contribution < 1.29 is 4.74 Å². The standard InChI is InChI=1S/C18H30ClN7O/c1-6-27-9-7-8-20-18(21-11-17-23-22-14(2)26(17)5)25(4)13-16-10-15(19)12-24(16)3/h10,12H,6-9,11,13H2,1-5H3,(H,20,21). The van der Waals surface area contributed by atoms with Crippen molar-refractivity contribution in [3.63, 3.8) is 0 Å². The van der Waals surface area contributed by atoms with Crippen LogP contribution in [0.4, 0.5) is 0 Å². The Kier molecular flexibility index (Phi) is 8.12. The summed E-state index contributed by atoms with van der Waals surface area (Å²) in [6.45, 7) is 7.34. The second-order valence-corrected chi connectivity index (χ2v) is 6.89. The van der Waals surface area contributed by atoms with Crippen LogP contribution in [-0.2, 0) is 31.9 Å². The number of guanidine groups is 1. The van der Waals surface area contributed by atoms with Gasteiger partial charge in [-0.2, -0.15) is 0 Å². The second-order valence-electron chi connectivity index (χ2n) is 6.46. The van der Waals surface area contributed by atoms with E-state index in [2.05, 4.69) is 20.4 Å². The minimum atomic E-state index is 0.462. The molecule has 0 saturated carbocycles. The number of nitrogens with zero attached hydrogens (tertiary/aromatic N) is 6. The van der Waals surface area contributed by atoms with Gasteiger partial charge in [0.05, 0.1) is 11.6 Å². The first kappa shape index (κ1) is 21.2. The van der Waals surface area contributed by atoms with Gasteiger partial charge in [0.15, 0.2) is 11.8 Å². The Hall–Kier alpha value is -2.06. The molecular formula is C18H30ClN7O. The Morgan fingerprint density at radius 2 is 2.15 bits per heavy atom. The average Bonchev–Trinajstić information content (AvgIpc) is 3.11. The first-order valence-electron chi connectivity index (χ1n) is 9.15. The molecule has 2 aromatic rings. The fraction of sp³-hybridized carbons (Fsp3) is 0.611. The molecule has 0 saturated heterocycles. The van der Waals surface area contributed by atoms with E-state index < -0.39 is 0 Å². The zero-order valence-electron chi connectivity index (χ0n) is 16.9. The summed E-state index contributed by atoms with van der Waals surface area (Å²) in [6.07, 6.45) is 2.82. The van der Waals surface area contributed by atoms with Gasteiger partial charge >= 0.3 is 0 Å². The molecule has 2 aromatic heterocycles. The molecule has 0 atom stereocenters. The smallest absolute Gasteiger partial charge is 0.194 e. The van der Waals surface area contributed by atoms with Crippen molar-refractivity contribution in [2.45, 2.75) is 33.4 Å². The molecule has 0 aliphatic rings. The van der Waals surface area contributed by atoms with Crippen molar-refractivity contribution in [3.05, 3.63) is 34.6 Å². The topological polar surface area (TPSA) is 72.5 Å². The van der Waals surface area contributed by atoms with E-state index in [1.54, 1.807) is 0 Å². The summed E-state index contributed by atoms with van der Waals surface area (Å²) >= 11 is 6.10. The number of ether oxygens (including phenoxy) is 1. The van der Waals surface area contributed by atoms with Gasteiger partial charge in [0.2, 0.25) is 0 Å². The molecule has 0 bridgehead atoms. The number of aromatic nitrogens is 4. The molecule has 0 spiro atoms. The van der Waals surface area contributed by atoms with Crippen LogP contribution >= 0.6 is 11.6 Å². The maximum absolute atomic E-state index is 6.10. The van der Waals surface area contributed by atoms with Crippen LogP contribution in [0.15, 0.2) is 17.3 Å². The second kappa shape index (κ2) is 10.3. The number of rotatable bonds is 9. The molecule has 1 N–H and O–H groups in total. The molecule has 0 amide bonds. The molecule has 0 fully saturated rings. The van der Waals surface area contributed by atoms with Gasteiger partial charge in [-0.05, 0) is 26.3 Å². The highest BCUT2D eigenvalue weighted by molar-refractivity contribution is 6.30. The lowest BCUT2D eigenvalue weighted by atomic mass is 10.4. The van der Waals surface area contributed by atoms with Crippen LogP contribution in [0, 0.1) is 6.92 Å². The van der Waals surface area contributed by atoms with E-state index in [0.717, 1.165) is 54.5 Å². The summed E-state index contributed by atoms with van der Waals surface area (Å²) in [5, 5.41) is 12.4. The van der Waals surface area contributed by atoms with Gasteiger partial charge in [0.1, 0.15) is 12.4 Å². The van der Waals surface area contributed by atoms with Crippen LogP contribution in [0.3, 0.4) is 0 Å². The van der Waals surface area contributed by atoms with E-state index in [0.29, 0.717) is 13.1 Å². The molecule has 27 heavy (non-hydrogen) atoms. The molecule has 0 aliphatic heterocycles. The molecule has 0 aromatic carbocycles. The molecule has 2 rings (SSSR count). The lowest BCUT2D eigenvalue weighted by Crippen LogP contribution is -2.39. The third kappa shape index (κ3) is 6.25. The lowest BCUT2D eigenvalue weighted by molar-refractivity contribution is 0.145. The van der Waals surface area contributed by atoms with Crippen LogP contribution < -0.4 is 5.32 Å². The molecular weight excluding hydrogens is 366 g/mol. The summed E-state index contributed by atoms with van der Waals surface area (Å²) in [6, 6.07) is 1.97. The third-order valence-electron chi connectivity index (χ3n) is 4.34. The molecule has 0 radical (unpaired) electrons. The van der Waals surface area contributed by atoms with Crippen molar-refractivity contribution in [3.8, 4) is 0 Å². The van der Waals surface area contributed by atoms with Gasteiger partial charge in [-0.15, -0.1) is 10.2 Å². The largest absolute Gasteiger partial charge is 0.382 e. The molecule has 150 valence electrons. The van der Waals surface area contributed by atoms with E-state index in [1.165, 1.54) is 0 Å². The molecule has 0 unspecified atom stereocenters. The average molecular weight is 396 g/mol. The Labute approximate surface area is 166 Å². The maximum Gasteiger partial charge on any atom is 0.194 e.